The van der Waals surface area contributed by atoms with Gasteiger partial charge < -0.3 is 15.4 Å². The molecule has 92 valence electrons. The Labute approximate surface area is 108 Å². The molecule has 1 fully saturated rings. The van der Waals surface area contributed by atoms with Crippen LogP contribution in [0.5, 0.6) is 0 Å². The highest BCUT2D eigenvalue weighted by Gasteiger charge is 2.23. The fourth-order valence-corrected chi connectivity index (χ4v) is 1.80. The predicted molar refractivity (Wildman–Crippen MR) is 63.3 cm³/mol. The average Bonchev–Trinajstić information content (AvgIpc) is 2.35. The molecule has 1 amide bonds. The van der Waals surface area contributed by atoms with E-state index in [9.17, 15) is 4.79 Å². The molecule has 0 spiro atoms. The van der Waals surface area contributed by atoms with Gasteiger partial charge in [0.25, 0.3) is 0 Å². The Morgan fingerprint density at radius 2 is 2.18 bits per heavy atom. The molecule has 1 aliphatic heterocycles. The number of nitrogens with one attached hydrogen (secondary N) is 2. The van der Waals surface area contributed by atoms with E-state index >= 15 is 0 Å². The Bertz CT molecular complexity index is 403. The summed E-state index contributed by atoms with van der Waals surface area (Å²) in [7, 11) is 0. The van der Waals surface area contributed by atoms with E-state index in [2.05, 4.69) is 20.6 Å². The van der Waals surface area contributed by atoms with Crippen LogP contribution in [-0.4, -0.2) is 41.7 Å². The molecule has 1 aromatic rings. The number of rotatable bonds is 2. The summed E-state index contributed by atoms with van der Waals surface area (Å²) in [6, 6.07) is -0.420. The van der Waals surface area contributed by atoms with Crippen LogP contribution in [0.25, 0.3) is 0 Å². The van der Waals surface area contributed by atoms with Crippen LogP contribution in [0.15, 0.2) is 6.33 Å². The van der Waals surface area contributed by atoms with Crippen molar-refractivity contribution in [2.24, 2.45) is 0 Å². The van der Waals surface area contributed by atoms with Crippen LogP contribution in [0.3, 0.4) is 0 Å². The Hall–Kier alpha value is -0.950. The lowest BCUT2D eigenvalue weighted by Gasteiger charge is -2.23. The van der Waals surface area contributed by atoms with E-state index in [-0.39, 0.29) is 21.9 Å². The van der Waals surface area contributed by atoms with Gasteiger partial charge in [-0.25, -0.2) is 9.97 Å². The maximum atomic E-state index is 11.8. The number of anilines is 1. The number of carbonyl (C=O) groups is 1. The molecule has 0 saturated carbocycles. The molecule has 2 heterocycles. The summed E-state index contributed by atoms with van der Waals surface area (Å²) in [5.74, 6) is -0.275. The molecule has 0 aromatic carbocycles. The van der Waals surface area contributed by atoms with Gasteiger partial charge in [0, 0.05) is 6.54 Å². The highest BCUT2D eigenvalue weighted by Crippen LogP contribution is 2.25. The zero-order valence-corrected chi connectivity index (χ0v) is 10.3. The molecule has 6 nitrogen and oxygen atoms in total. The topological polar surface area (TPSA) is 76.1 Å². The van der Waals surface area contributed by atoms with Gasteiger partial charge in [0.05, 0.1) is 13.2 Å². The molecule has 1 aromatic heterocycles. The van der Waals surface area contributed by atoms with E-state index < -0.39 is 6.04 Å². The maximum Gasteiger partial charge on any atom is 0.244 e. The van der Waals surface area contributed by atoms with Gasteiger partial charge in [-0.1, -0.05) is 23.2 Å². The number of amides is 1. The predicted octanol–water partition coefficient (Wildman–Crippen LogP) is 0.710. The lowest BCUT2D eigenvalue weighted by molar-refractivity contribution is -0.120. The summed E-state index contributed by atoms with van der Waals surface area (Å²) in [6.45, 7) is 1.54. The number of hydrogen-bond donors (Lipinski definition) is 2. The van der Waals surface area contributed by atoms with Crippen molar-refractivity contribution in [3.8, 4) is 0 Å². The van der Waals surface area contributed by atoms with E-state index in [1.807, 2.05) is 0 Å². The maximum absolute atomic E-state index is 11.8. The van der Waals surface area contributed by atoms with Gasteiger partial charge in [-0.2, -0.15) is 0 Å². The molecule has 2 N–H and O–H groups in total. The SMILES string of the molecule is O=C(Nc1c(Cl)ncnc1Cl)C1COCCN1. The Morgan fingerprint density at radius 3 is 2.76 bits per heavy atom. The summed E-state index contributed by atoms with van der Waals surface area (Å²) in [4.78, 5) is 19.3. The lowest BCUT2D eigenvalue weighted by atomic mass is 10.2. The summed E-state index contributed by atoms with van der Waals surface area (Å²) in [5, 5.41) is 5.80. The van der Waals surface area contributed by atoms with Gasteiger partial charge in [0.15, 0.2) is 10.3 Å². The average molecular weight is 277 g/mol. The van der Waals surface area contributed by atoms with E-state index in [1.165, 1.54) is 6.33 Å². The molecule has 17 heavy (non-hydrogen) atoms. The number of morpholine rings is 1. The van der Waals surface area contributed by atoms with Crippen LogP contribution >= 0.6 is 23.2 Å². The molecule has 0 radical (unpaired) electrons. The molecule has 0 bridgehead atoms. The zero-order valence-electron chi connectivity index (χ0n) is 8.74. The van der Waals surface area contributed by atoms with Crippen LogP contribution in [-0.2, 0) is 9.53 Å². The van der Waals surface area contributed by atoms with Crippen LogP contribution < -0.4 is 10.6 Å². The standard InChI is InChI=1S/C9H10Cl2N4O2/c10-7-6(8(11)14-4-13-7)15-9(16)5-3-17-2-1-12-5/h4-5,12H,1-3H2,(H,15,16). The van der Waals surface area contributed by atoms with Gasteiger partial charge >= 0.3 is 0 Å². The molecular formula is C9H10Cl2N4O2. The van der Waals surface area contributed by atoms with Crippen molar-refractivity contribution in [1.82, 2.24) is 15.3 Å². The summed E-state index contributed by atoms with van der Waals surface area (Å²) in [5.41, 5.74) is 0.216. The first-order chi connectivity index (χ1) is 8.18. The molecule has 0 aliphatic carbocycles. The molecule has 1 aliphatic rings. The number of nitrogens with zero attached hydrogens (tertiary/aromatic N) is 2. The van der Waals surface area contributed by atoms with Crippen molar-refractivity contribution in [3.63, 3.8) is 0 Å². The fourth-order valence-electron chi connectivity index (χ4n) is 1.39. The van der Waals surface area contributed by atoms with E-state index in [0.29, 0.717) is 19.8 Å². The van der Waals surface area contributed by atoms with Crippen molar-refractivity contribution in [1.29, 1.82) is 0 Å². The quantitative estimate of drug-likeness (QED) is 0.779. The highest BCUT2D eigenvalue weighted by atomic mass is 35.5. The smallest absolute Gasteiger partial charge is 0.244 e. The third kappa shape index (κ3) is 3.04. The van der Waals surface area contributed by atoms with Gasteiger partial charge in [-0.15, -0.1) is 0 Å². The largest absolute Gasteiger partial charge is 0.378 e. The first-order valence-electron chi connectivity index (χ1n) is 4.96. The second kappa shape index (κ2) is 5.59. The molecular weight excluding hydrogens is 267 g/mol. The van der Waals surface area contributed by atoms with Gasteiger partial charge in [-0.3, -0.25) is 4.79 Å². The number of ether oxygens (including phenoxy) is 1. The zero-order chi connectivity index (χ0) is 12.3. The van der Waals surface area contributed by atoms with Crippen LogP contribution in [0.2, 0.25) is 10.3 Å². The second-order valence-corrected chi connectivity index (χ2v) is 4.12. The minimum atomic E-state index is -0.420. The summed E-state index contributed by atoms with van der Waals surface area (Å²) < 4.78 is 5.18. The third-order valence-corrected chi connectivity index (χ3v) is 2.81. The van der Waals surface area contributed by atoms with Gasteiger partial charge in [0.2, 0.25) is 5.91 Å². The molecule has 2 rings (SSSR count). The Kier molecular flexibility index (Phi) is 4.11. The van der Waals surface area contributed by atoms with Crippen molar-refractivity contribution < 1.29 is 9.53 Å². The fraction of sp³-hybridized carbons (Fsp3) is 0.444. The van der Waals surface area contributed by atoms with Crippen molar-refractivity contribution in [3.05, 3.63) is 16.6 Å². The first kappa shape index (κ1) is 12.5. The number of aromatic nitrogens is 2. The molecule has 1 unspecified atom stereocenters. The second-order valence-electron chi connectivity index (χ2n) is 3.40. The summed E-state index contributed by atoms with van der Waals surface area (Å²) in [6.07, 6.45) is 1.22. The molecule has 8 heteroatoms. The van der Waals surface area contributed by atoms with E-state index in [1.54, 1.807) is 0 Å². The van der Waals surface area contributed by atoms with E-state index in [4.69, 9.17) is 27.9 Å². The Balaban J connectivity index is 2.07. The molecule has 1 atom stereocenters. The first-order valence-corrected chi connectivity index (χ1v) is 5.72. The monoisotopic (exact) mass is 276 g/mol. The van der Waals surface area contributed by atoms with E-state index in [0.717, 1.165) is 0 Å². The van der Waals surface area contributed by atoms with Gasteiger partial charge in [-0.05, 0) is 0 Å². The highest BCUT2D eigenvalue weighted by molar-refractivity contribution is 6.38. The third-order valence-electron chi connectivity index (χ3n) is 2.24. The van der Waals surface area contributed by atoms with Crippen molar-refractivity contribution in [2.45, 2.75) is 6.04 Å². The lowest BCUT2D eigenvalue weighted by Crippen LogP contribution is -2.48. The van der Waals surface area contributed by atoms with Crippen LogP contribution in [0.4, 0.5) is 5.69 Å². The Morgan fingerprint density at radius 1 is 1.47 bits per heavy atom. The van der Waals surface area contributed by atoms with Crippen molar-refractivity contribution in [2.75, 3.05) is 25.1 Å². The summed E-state index contributed by atoms with van der Waals surface area (Å²) >= 11 is 11.6. The van der Waals surface area contributed by atoms with Crippen LogP contribution in [0, 0.1) is 0 Å². The minimum absolute atomic E-state index is 0.107. The minimum Gasteiger partial charge on any atom is -0.378 e. The van der Waals surface area contributed by atoms with Crippen LogP contribution in [0.1, 0.15) is 0 Å². The number of hydrogen-bond acceptors (Lipinski definition) is 5. The number of carbonyl (C=O) groups excluding carboxylic acids is 1. The van der Waals surface area contributed by atoms with Crippen molar-refractivity contribution >= 4 is 34.8 Å². The number of halogens is 2. The van der Waals surface area contributed by atoms with Gasteiger partial charge in [0.1, 0.15) is 18.1 Å². The molecule has 1 saturated heterocycles. The normalized spacial score (nSPS) is 20.0.